The minimum Gasteiger partial charge on any atom is -0.347 e. The fourth-order valence-corrected chi connectivity index (χ4v) is 3.80. The maximum absolute atomic E-state index is 12.7. The smallest absolute Gasteiger partial charge is 0.262 e. The second kappa shape index (κ2) is 9.98. The summed E-state index contributed by atoms with van der Waals surface area (Å²) in [7, 11) is 0. The summed E-state index contributed by atoms with van der Waals surface area (Å²) in [5, 5.41) is 8.55. The molecule has 0 aliphatic rings. The van der Waals surface area contributed by atoms with Crippen LogP contribution in [-0.2, 0) is 11.3 Å². The van der Waals surface area contributed by atoms with Gasteiger partial charge in [-0.1, -0.05) is 55.2 Å². The number of rotatable bonds is 7. The molecule has 2 amide bonds. The predicted molar refractivity (Wildman–Crippen MR) is 126 cm³/mol. The minimum absolute atomic E-state index is 0.160. The largest absolute Gasteiger partial charge is 0.347 e. The quantitative estimate of drug-likeness (QED) is 0.391. The van der Waals surface area contributed by atoms with Crippen LogP contribution >= 0.6 is 23.2 Å². The van der Waals surface area contributed by atoms with E-state index >= 15 is 0 Å². The van der Waals surface area contributed by atoms with Gasteiger partial charge in [-0.25, -0.2) is 5.43 Å². The molecule has 0 spiro atoms. The molecule has 2 N–H and O–H groups in total. The molecule has 1 heterocycles. The number of aromatic nitrogens is 1. The first kappa shape index (κ1) is 22.8. The highest BCUT2D eigenvalue weighted by atomic mass is 35.5. The van der Waals surface area contributed by atoms with E-state index in [0.717, 1.165) is 23.0 Å². The Morgan fingerprint density at radius 2 is 1.90 bits per heavy atom. The zero-order chi connectivity index (χ0) is 22.5. The van der Waals surface area contributed by atoms with Crippen molar-refractivity contribution in [3.8, 4) is 0 Å². The molecule has 0 saturated carbocycles. The van der Waals surface area contributed by atoms with Gasteiger partial charge in [0.05, 0.1) is 16.8 Å². The lowest BCUT2D eigenvalue weighted by molar-refractivity contribution is -0.123. The van der Waals surface area contributed by atoms with Crippen LogP contribution in [0.4, 0.5) is 0 Å². The lowest BCUT2D eigenvalue weighted by atomic mass is 10.0. The van der Waals surface area contributed by atoms with Gasteiger partial charge in [-0.15, -0.1) is 0 Å². The third-order valence-electron chi connectivity index (χ3n) is 4.95. The molecule has 0 bridgehead atoms. The number of aryl methyl sites for hydroxylation is 1. The molecule has 0 aliphatic heterocycles. The van der Waals surface area contributed by atoms with Crippen LogP contribution in [0.25, 0.3) is 10.9 Å². The van der Waals surface area contributed by atoms with Crippen LogP contribution in [0, 0.1) is 5.92 Å². The molecule has 162 valence electrons. The van der Waals surface area contributed by atoms with Crippen LogP contribution in [-0.4, -0.2) is 28.6 Å². The van der Waals surface area contributed by atoms with Crippen molar-refractivity contribution in [1.82, 2.24) is 15.3 Å². The van der Waals surface area contributed by atoms with Crippen molar-refractivity contribution >= 4 is 52.1 Å². The van der Waals surface area contributed by atoms with Crippen molar-refractivity contribution < 1.29 is 9.59 Å². The lowest BCUT2D eigenvalue weighted by Crippen LogP contribution is -2.48. The van der Waals surface area contributed by atoms with E-state index in [-0.39, 0.29) is 16.5 Å². The van der Waals surface area contributed by atoms with E-state index in [1.165, 1.54) is 12.1 Å². The van der Waals surface area contributed by atoms with Gasteiger partial charge in [0, 0.05) is 34.2 Å². The van der Waals surface area contributed by atoms with E-state index in [1.54, 1.807) is 12.3 Å². The number of fused-ring (bicyclic) bond motifs is 1. The zero-order valence-electron chi connectivity index (χ0n) is 17.5. The number of para-hydroxylation sites is 1. The van der Waals surface area contributed by atoms with Crippen LogP contribution in [0.2, 0.25) is 10.0 Å². The second-order valence-electron chi connectivity index (χ2n) is 7.44. The highest BCUT2D eigenvalue weighted by Crippen LogP contribution is 2.22. The Balaban J connectivity index is 1.72. The van der Waals surface area contributed by atoms with Crippen LogP contribution in [0.15, 0.2) is 53.8 Å². The molecule has 0 radical (unpaired) electrons. The van der Waals surface area contributed by atoms with Gasteiger partial charge in [-0.3, -0.25) is 9.59 Å². The molecule has 3 rings (SSSR count). The highest BCUT2D eigenvalue weighted by molar-refractivity contribution is 6.36. The first-order valence-corrected chi connectivity index (χ1v) is 10.7. The Bertz CT molecular complexity index is 1140. The van der Waals surface area contributed by atoms with Gasteiger partial charge in [-0.2, -0.15) is 5.10 Å². The summed E-state index contributed by atoms with van der Waals surface area (Å²) in [4.78, 5) is 25.3. The molecule has 3 aromatic rings. The Hall–Kier alpha value is -2.83. The molecule has 0 saturated heterocycles. The van der Waals surface area contributed by atoms with Gasteiger partial charge >= 0.3 is 0 Å². The Labute approximate surface area is 191 Å². The number of carbonyl (C=O) groups excluding carboxylic acids is 2. The number of carbonyl (C=O) groups is 2. The van der Waals surface area contributed by atoms with Gasteiger partial charge in [0.1, 0.15) is 6.04 Å². The zero-order valence-corrected chi connectivity index (χ0v) is 19.0. The van der Waals surface area contributed by atoms with Crippen LogP contribution in [0.3, 0.4) is 0 Å². The summed E-state index contributed by atoms with van der Waals surface area (Å²) in [6.45, 7) is 6.58. The monoisotopic (exact) mass is 458 g/mol. The Kier molecular flexibility index (Phi) is 7.36. The molecule has 1 atom stereocenters. The summed E-state index contributed by atoms with van der Waals surface area (Å²) in [5.74, 6) is -1.03. The first-order chi connectivity index (χ1) is 14.8. The van der Waals surface area contributed by atoms with Gasteiger partial charge in [-0.05, 0) is 37.1 Å². The number of hydrazone groups is 1. The third-order valence-corrected chi connectivity index (χ3v) is 5.50. The van der Waals surface area contributed by atoms with Crippen molar-refractivity contribution in [2.75, 3.05) is 0 Å². The molecule has 2 aromatic carbocycles. The number of amides is 2. The molecular weight excluding hydrogens is 435 g/mol. The number of nitrogens with zero attached hydrogens (tertiary/aromatic N) is 2. The van der Waals surface area contributed by atoms with Gasteiger partial charge < -0.3 is 9.88 Å². The van der Waals surface area contributed by atoms with Crippen molar-refractivity contribution in [2.24, 2.45) is 11.0 Å². The number of halogens is 2. The first-order valence-electron chi connectivity index (χ1n) is 9.98. The molecular formula is C23H24Cl2N4O2. The van der Waals surface area contributed by atoms with Crippen LogP contribution < -0.4 is 10.7 Å². The fourth-order valence-electron chi connectivity index (χ4n) is 3.30. The van der Waals surface area contributed by atoms with Crippen LogP contribution in [0.5, 0.6) is 0 Å². The molecule has 8 heteroatoms. The minimum atomic E-state index is -0.784. The SMILES string of the molecule is CCn1cc(C=NNC(=O)C(NC(=O)c2ccc(Cl)cc2Cl)C(C)C)c2ccccc21. The summed E-state index contributed by atoms with van der Waals surface area (Å²) < 4.78 is 2.12. The Morgan fingerprint density at radius 3 is 2.58 bits per heavy atom. The molecule has 0 aliphatic carbocycles. The summed E-state index contributed by atoms with van der Waals surface area (Å²) in [6.07, 6.45) is 3.60. The normalized spacial score (nSPS) is 12.5. The number of benzene rings is 2. The predicted octanol–water partition coefficient (Wildman–Crippen LogP) is 4.87. The standard InChI is InChI=1S/C23H24Cl2N4O2/c1-4-29-13-15(17-7-5-6-8-20(17)29)12-26-28-23(31)21(14(2)3)27-22(30)18-10-9-16(24)11-19(18)25/h5-14,21H,4H2,1-3H3,(H,27,30)(H,28,31). The van der Waals surface area contributed by atoms with Gasteiger partial charge in [0.25, 0.3) is 11.8 Å². The molecule has 1 aromatic heterocycles. The van der Waals surface area contributed by atoms with Crippen molar-refractivity contribution in [1.29, 1.82) is 0 Å². The van der Waals surface area contributed by atoms with Crippen LogP contribution in [0.1, 0.15) is 36.7 Å². The number of hydrogen-bond acceptors (Lipinski definition) is 3. The van der Waals surface area contributed by atoms with E-state index < -0.39 is 17.9 Å². The van der Waals surface area contributed by atoms with E-state index in [0.29, 0.717) is 5.02 Å². The topological polar surface area (TPSA) is 75.5 Å². The summed E-state index contributed by atoms with van der Waals surface area (Å²) in [6, 6.07) is 11.8. The maximum atomic E-state index is 12.7. The molecule has 1 unspecified atom stereocenters. The third kappa shape index (κ3) is 5.27. The lowest BCUT2D eigenvalue weighted by Gasteiger charge is -2.20. The maximum Gasteiger partial charge on any atom is 0.262 e. The van der Waals surface area contributed by atoms with Gasteiger partial charge in [0.2, 0.25) is 0 Å². The molecule has 0 fully saturated rings. The summed E-state index contributed by atoms with van der Waals surface area (Å²) in [5.41, 5.74) is 4.79. The van der Waals surface area contributed by atoms with Crippen molar-refractivity contribution in [3.63, 3.8) is 0 Å². The highest BCUT2D eigenvalue weighted by Gasteiger charge is 2.25. The number of hydrogen-bond donors (Lipinski definition) is 2. The Morgan fingerprint density at radius 1 is 1.16 bits per heavy atom. The molecule has 6 nitrogen and oxygen atoms in total. The van der Waals surface area contributed by atoms with E-state index in [2.05, 4.69) is 27.3 Å². The van der Waals surface area contributed by atoms with E-state index in [4.69, 9.17) is 23.2 Å². The van der Waals surface area contributed by atoms with E-state index in [1.807, 2.05) is 44.3 Å². The second-order valence-corrected chi connectivity index (χ2v) is 8.28. The average molecular weight is 459 g/mol. The average Bonchev–Trinajstić information content (AvgIpc) is 3.09. The van der Waals surface area contributed by atoms with Crippen molar-refractivity contribution in [2.45, 2.75) is 33.4 Å². The van der Waals surface area contributed by atoms with E-state index in [9.17, 15) is 9.59 Å². The summed E-state index contributed by atoms with van der Waals surface area (Å²) >= 11 is 12.0. The molecule has 31 heavy (non-hydrogen) atoms. The number of nitrogens with one attached hydrogen (secondary N) is 2. The van der Waals surface area contributed by atoms with Crippen molar-refractivity contribution in [3.05, 3.63) is 69.8 Å². The fraction of sp³-hybridized carbons (Fsp3) is 0.261. The van der Waals surface area contributed by atoms with Gasteiger partial charge in [0.15, 0.2) is 0 Å².